The minimum Gasteiger partial charge on any atom is -0.504 e. The highest BCUT2D eigenvalue weighted by molar-refractivity contribution is 6.00. The van der Waals surface area contributed by atoms with Gasteiger partial charge in [0.1, 0.15) is 5.82 Å². The minimum atomic E-state index is -0.649. The minimum absolute atomic E-state index is 0.0192. The molecule has 1 aromatic carbocycles. The summed E-state index contributed by atoms with van der Waals surface area (Å²) in [6, 6.07) is 4.78. The van der Waals surface area contributed by atoms with Crippen LogP contribution in [0.2, 0.25) is 0 Å². The molecule has 1 aromatic heterocycles. The van der Waals surface area contributed by atoms with Crippen molar-refractivity contribution in [1.82, 2.24) is 9.97 Å². The molecule has 0 radical (unpaired) electrons. The zero-order valence-corrected chi connectivity index (χ0v) is 14.7. The van der Waals surface area contributed by atoms with Gasteiger partial charge in [0.05, 0.1) is 12.2 Å². The second kappa shape index (κ2) is 6.46. The van der Waals surface area contributed by atoms with Gasteiger partial charge in [-0.15, -0.1) is 0 Å². The summed E-state index contributed by atoms with van der Waals surface area (Å²) >= 11 is 0. The number of benzene rings is 1. The number of anilines is 1. The Morgan fingerprint density at radius 3 is 2.78 bits per heavy atom. The third-order valence-electron chi connectivity index (χ3n) is 4.91. The number of ketones is 1. The fourth-order valence-electron chi connectivity index (χ4n) is 3.81. The van der Waals surface area contributed by atoms with Gasteiger partial charge in [-0.2, -0.15) is 0 Å². The first kappa shape index (κ1) is 17.1. The number of allylic oxidation sites excluding steroid dienone is 2. The van der Waals surface area contributed by atoms with E-state index in [9.17, 15) is 19.5 Å². The van der Waals surface area contributed by atoms with E-state index in [0.29, 0.717) is 42.8 Å². The third-order valence-corrected chi connectivity index (χ3v) is 4.91. The molecule has 2 heterocycles. The average molecular weight is 369 g/mol. The number of fused-ring (bicyclic) bond motifs is 1. The lowest BCUT2D eigenvalue weighted by Crippen LogP contribution is -2.36. The van der Waals surface area contributed by atoms with Gasteiger partial charge in [0.15, 0.2) is 17.3 Å². The number of H-pyrrole nitrogens is 2. The molecule has 2 aliphatic rings. The molecule has 0 fully saturated rings. The molecule has 2 aromatic rings. The number of hydrogen-bond acceptors (Lipinski definition) is 6. The summed E-state index contributed by atoms with van der Waals surface area (Å²) in [6.07, 6.45) is 1.77. The number of nitrogens with one attached hydrogen (secondary N) is 3. The first-order valence-electron chi connectivity index (χ1n) is 8.85. The summed E-state index contributed by atoms with van der Waals surface area (Å²) < 4.78 is 5.46. The van der Waals surface area contributed by atoms with Gasteiger partial charge < -0.3 is 15.2 Å². The molecule has 0 saturated heterocycles. The topological polar surface area (TPSA) is 124 Å². The van der Waals surface area contributed by atoms with Crippen molar-refractivity contribution < 1.29 is 14.6 Å². The Morgan fingerprint density at radius 1 is 1.19 bits per heavy atom. The van der Waals surface area contributed by atoms with Crippen molar-refractivity contribution in [1.29, 1.82) is 0 Å². The maximum absolute atomic E-state index is 12.7. The first-order valence-corrected chi connectivity index (χ1v) is 8.85. The van der Waals surface area contributed by atoms with Gasteiger partial charge in [0, 0.05) is 23.6 Å². The highest BCUT2D eigenvalue weighted by Gasteiger charge is 2.37. The summed E-state index contributed by atoms with van der Waals surface area (Å²) in [5.74, 6) is -0.121. The largest absolute Gasteiger partial charge is 0.504 e. The smallest absolute Gasteiger partial charge is 0.327 e. The van der Waals surface area contributed by atoms with Crippen LogP contribution in [-0.2, 0) is 4.79 Å². The molecule has 1 aliphatic heterocycles. The van der Waals surface area contributed by atoms with Crippen molar-refractivity contribution in [3.63, 3.8) is 0 Å². The van der Waals surface area contributed by atoms with Crippen LogP contribution < -0.4 is 21.3 Å². The normalized spacial score (nSPS) is 18.6. The highest BCUT2D eigenvalue weighted by Crippen LogP contribution is 2.44. The lowest BCUT2D eigenvalue weighted by molar-refractivity contribution is -0.116. The molecule has 8 nitrogen and oxygen atoms in total. The molecule has 27 heavy (non-hydrogen) atoms. The molecular weight excluding hydrogens is 350 g/mol. The van der Waals surface area contributed by atoms with Gasteiger partial charge in [-0.3, -0.25) is 19.6 Å². The molecule has 140 valence electrons. The SMILES string of the molecule is CCOc1cc([C@H]2C3=C(CCCC3=O)Nc3[nH]c(=O)[nH]c(=O)c32)ccc1O. The lowest BCUT2D eigenvalue weighted by atomic mass is 9.76. The lowest BCUT2D eigenvalue weighted by Gasteiger charge is -2.32. The summed E-state index contributed by atoms with van der Waals surface area (Å²) in [7, 11) is 0. The van der Waals surface area contributed by atoms with Crippen LogP contribution in [0.3, 0.4) is 0 Å². The number of phenolic OH excluding ortho intramolecular Hbond substituents is 1. The molecule has 4 rings (SSSR count). The number of aromatic amines is 2. The number of carbonyl (C=O) groups excluding carboxylic acids is 1. The predicted molar refractivity (Wildman–Crippen MR) is 98.3 cm³/mol. The van der Waals surface area contributed by atoms with Crippen molar-refractivity contribution in [2.24, 2.45) is 0 Å². The molecule has 0 spiro atoms. The van der Waals surface area contributed by atoms with Gasteiger partial charge in [0.25, 0.3) is 5.56 Å². The standard InChI is InChI=1S/C19H19N3O5/c1-2-27-13-8-9(6-7-11(13)23)14-15-10(4-3-5-12(15)24)20-17-16(14)18(25)22-19(26)21-17/h6-8,14,23H,2-5H2,1H3,(H3,20,21,22,25,26)/t14-/m0/s1. The number of Topliss-reactive ketones (excluding diaryl/α,β-unsaturated/α-hetero) is 1. The van der Waals surface area contributed by atoms with E-state index in [4.69, 9.17) is 4.74 Å². The second-order valence-electron chi connectivity index (χ2n) is 6.58. The van der Waals surface area contributed by atoms with Crippen LogP contribution in [0.25, 0.3) is 0 Å². The third kappa shape index (κ3) is 2.83. The maximum Gasteiger partial charge on any atom is 0.327 e. The Bertz CT molecular complexity index is 1080. The molecule has 0 bridgehead atoms. The van der Waals surface area contributed by atoms with E-state index in [2.05, 4.69) is 15.3 Å². The van der Waals surface area contributed by atoms with Crippen LogP contribution in [0.15, 0.2) is 39.1 Å². The summed E-state index contributed by atoms with van der Waals surface area (Å²) in [6.45, 7) is 2.16. The Balaban J connectivity index is 1.98. The second-order valence-corrected chi connectivity index (χ2v) is 6.58. The molecule has 0 saturated carbocycles. The van der Waals surface area contributed by atoms with Crippen molar-refractivity contribution in [2.75, 3.05) is 11.9 Å². The van der Waals surface area contributed by atoms with Crippen LogP contribution in [0, 0.1) is 0 Å². The number of phenols is 1. The Kier molecular flexibility index (Phi) is 4.10. The molecule has 1 atom stereocenters. The van der Waals surface area contributed by atoms with Crippen LogP contribution in [0.5, 0.6) is 11.5 Å². The van der Waals surface area contributed by atoms with Crippen LogP contribution in [0.4, 0.5) is 5.82 Å². The van der Waals surface area contributed by atoms with E-state index in [1.807, 2.05) is 0 Å². The number of aromatic nitrogens is 2. The number of hydrogen-bond donors (Lipinski definition) is 4. The van der Waals surface area contributed by atoms with Crippen LogP contribution in [-0.4, -0.2) is 27.5 Å². The Morgan fingerprint density at radius 2 is 2.00 bits per heavy atom. The monoisotopic (exact) mass is 369 g/mol. The fraction of sp³-hybridized carbons (Fsp3) is 0.316. The van der Waals surface area contributed by atoms with Crippen molar-refractivity contribution in [3.8, 4) is 11.5 Å². The summed E-state index contributed by atoms with van der Waals surface area (Å²) in [5.41, 5.74) is 0.991. The van der Waals surface area contributed by atoms with Gasteiger partial charge in [-0.05, 0) is 37.5 Å². The number of carbonyl (C=O) groups is 1. The van der Waals surface area contributed by atoms with E-state index in [1.165, 1.54) is 6.07 Å². The summed E-state index contributed by atoms with van der Waals surface area (Å²) in [5, 5.41) is 13.1. The molecule has 0 unspecified atom stereocenters. The zero-order chi connectivity index (χ0) is 19.1. The van der Waals surface area contributed by atoms with Crippen molar-refractivity contribution in [3.05, 3.63) is 61.4 Å². The van der Waals surface area contributed by atoms with E-state index < -0.39 is 17.2 Å². The van der Waals surface area contributed by atoms with Crippen LogP contribution in [0.1, 0.15) is 43.2 Å². The van der Waals surface area contributed by atoms with E-state index in [-0.39, 0.29) is 22.8 Å². The predicted octanol–water partition coefficient (Wildman–Crippen LogP) is 1.73. The zero-order valence-electron chi connectivity index (χ0n) is 14.7. The van der Waals surface area contributed by atoms with Crippen LogP contribution >= 0.6 is 0 Å². The van der Waals surface area contributed by atoms with Gasteiger partial charge in [0.2, 0.25) is 0 Å². The van der Waals surface area contributed by atoms with E-state index in [1.54, 1.807) is 19.1 Å². The maximum atomic E-state index is 12.7. The highest BCUT2D eigenvalue weighted by atomic mass is 16.5. The van der Waals surface area contributed by atoms with Crippen molar-refractivity contribution >= 4 is 11.6 Å². The number of aromatic hydroxyl groups is 1. The first-order chi connectivity index (χ1) is 13.0. The Labute approximate surface area is 153 Å². The molecular formula is C19H19N3O5. The van der Waals surface area contributed by atoms with Gasteiger partial charge in [-0.25, -0.2) is 4.79 Å². The van der Waals surface area contributed by atoms with Gasteiger partial charge in [-0.1, -0.05) is 6.07 Å². The molecule has 0 amide bonds. The van der Waals surface area contributed by atoms with E-state index >= 15 is 0 Å². The molecule has 1 aliphatic carbocycles. The number of rotatable bonds is 3. The fourth-order valence-corrected chi connectivity index (χ4v) is 3.81. The average Bonchev–Trinajstić information content (AvgIpc) is 2.62. The quantitative estimate of drug-likeness (QED) is 0.653. The van der Waals surface area contributed by atoms with Crippen molar-refractivity contribution in [2.45, 2.75) is 32.1 Å². The number of ether oxygens (including phenoxy) is 1. The molecule has 8 heteroatoms. The summed E-state index contributed by atoms with van der Waals surface area (Å²) in [4.78, 5) is 41.9. The van der Waals surface area contributed by atoms with E-state index in [0.717, 1.165) is 5.70 Å². The molecule has 4 N–H and O–H groups in total. The van der Waals surface area contributed by atoms with Gasteiger partial charge >= 0.3 is 5.69 Å². The Hall–Kier alpha value is -3.29.